The van der Waals surface area contributed by atoms with Gasteiger partial charge in [0, 0.05) is 55.1 Å². The van der Waals surface area contributed by atoms with E-state index < -0.39 is 40.2 Å². The molecule has 3 aromatic heterocycles. The Morgan fingerprint density at radius 3 is 2.40 bits per heavy atom. The van der Waals surface area contributed by atoms with Gasteiger partial charge in [-0.15, -0.1) is 10.2 Å². The average Bonchev–Trinajstić information content (AvgIpc) is 3.53. The van der Waals surface area contributed by atoms with Gasteiger partial charge in [0.25, 0.3) is 0 Å². The van der Waals surface area contributed by atoms with Crippen LogP contribution in [0, 0.1) is 17.2 Å². The number of rotatable bonds is 12. The second-order valence-corrected chi connectivity index (χ2v) is 16.1. The number of aryl methyl sites for hydroxylation is 1. The molecule has 0 amide bonds. The number of nitrogens with zero attached hydrogens (tertiary/aromatic N) is 7. The molecule has 0 bridgehead atoms. The summed E-state index contributed by atoms with van der Waals surface area (Å²) in [7, 11) is 0.959. The number of benzene rings is 1. The highest BCUT2D eigenvalue weighted by Crippen LogP contribution is 2.39. The second-order valence-electron chi connectivity index (χ2n) is 11.5. The van der Waals surface area contributed by atoms with Crippen molar-refractivity contribution in [2.45, 2.75) is 27.0 Å². The van der Waals surface area contributed by atoms with Crippen LogP contribution >= 0.6 is 10.0 Å². The zero-order valence-electron chi connectivity index (χ0n) is 26.3. The summed E-state index contributed by atoms with van der Waals surface area (Å²) in [6, 6.07) is 7.70. The summed E-state index contributed by atoms with van der Waals surface area (Å²) in [5.41, 5.74) is -0.362. The molecule has 1 aromatic carbocycles. The molecular formula is C30H40F4N8O2S. The number of pyridine rings is 1. The molecule has 0 radical (unpaired) electrons. The summed E-state index contributed by atoms with van der Waals surface area (Å²) in [6.07, 6.45) is 6.89. The Morgan fingerprint density at radius 2 is 1.80 bits per heavy atom. The van der Waals surface area contributed by atoms with Crippen LogP contribution in [0.1, 0.15) is 13.8 Å². The van der Waals surface area contributed by atoms with Crippen LogP contribution in [0.15, 0.2) is 42.7 Å². The molecule has 0 spiro atoms. The van der Waals surface area contributed by atoms with E-state index >= 15 is 4.39 Å². The van der Waals surface area contributed by atoms with Gasteiger partial charge >= 0.3 is 0 Å². The van der Waals surface area contributed by atoms with Gasteiger partial charge in [-0.25, -0.2) is 37.5 Å². The highest BCUT2D eigenvalue weighted by Gasteiger charge is 2.50. The summed E-state index contributed by atoms with van der Waals surface area (Å²) < 4.78 is 64.6. The maximum atomic E-state index is 15.1. The Balaban J connectivity index is 0.00000226. The Hall–Kier alpha value is -3.69. The lowest BCUT2D eigenvalue weighted by atomic mass is 9.81. The predicted molar refractivity (Wildman–Crippen MR) is 170 cm³/mol. The number of anilines is 3. The highest BCUT2D eigenvalue weighted by molar-refractivity contribution is 8.32. The average molecular weight is 653 g/mol. The van der Waals surface area contributed by atoms with Gasteiger partial charge in [0.05, 0.1) is 24.2 Å². The summed E-state index contributed by atoms with van der Waals surface area (Å²) in [5, 5.41) is 20.6. The fourth-order valence-corrected chi connectivity index (χ4v) is 5.17. The fraction of sp³-hybridized carbons (Fsp3) is 0.467. The smallest absolute Gasteiger partial charge is 0.249 e. The van der Waals surface area contributed by atoms with Gasteiger partial charge in [-0.05, 0) is 49.1 Å². The van der Waals surface area contributed by atoms with Crippen LogP contribution in [0.4, 0.5) is 35.0 Å². The molecule has 10 nitrogen and oxygen atoms in total. The number of alkyl halides is 2. The number of hydrogen-bond acceptors (Lipinski definition) is 8. The third kappa shape index (κ3) is 7.94. The standard InChI is InChI=1S/C28H34F4N8O2S.C2H6/c1-38-27(35-25(37-38)18-5-8-23(33-12-18)39-14-28(15-39,16-41)26(31)32)34-19-6-7-20(22(29)11-19)21-13-40(36-24(21)30)17-42-9-10-43(2,3)4;1-2/h5-8,11-13,26,41H,9-10,14-17H2,1-4H3,(H,34,35,37);1-2H3. The maximum Gasteiger partial charge on any atom is 0.249 e. The van der Waals surface area contributed by atoms with Crippen molar-refractivity contribution < 1.29 is 27.4 Å². The number of nitrogens with one attached hydrogen (secondary N) is 1. The van der Waals surface area contributed by atoms with E-state index in [2.05, 4.69) is 44.2 Å². The normalized spacial score (nSPS) is 14.6. The fourth-order valence-electron chi connectivity index (χ4n) is 4.56. The SMILES string of the molecule is CC.Cn1nc(-c2ccc(N3CC(CO)(C(F)F)C3)nc2)nc1Nc1ccc(-c2cn(COCCS(C)(C)C)nc2F)c(F)c1. The van der Waals surface area contributed by atoms with Crippen molar-refractivity contribution in [3.8, 4) is 22.5 Å². The van der Waals surface area contributed by atoms with E-state index in [-0.39, 0.29) is 30.9 Å². The van der Waals surface area contributed by atoms with E-state index in [9.17, 15) is 18.3 Å². The molecule has 4 aromatic rings. The summed E-state index contributed by atoms with van der Waals surface area (Å²) >= 11 is 0. The van der Waals surface area contributed by atoms with Crippen LogP contribution in [-0.2, 0) is 18.5 Å². The van der Waals surface area contributed by atoms with Gasteiger partial charge in [-0.3, -0.25) is 0 Å². The van der Waals surface area contributed by atoms with E-state index in [0.717, 1.165) is 5.75 Å². The molecular weight excluding hydrogens is 612 g/mol. The van der Waals surface area contributed by atoms with Gasteiger partial charge in [0.15, 0.2) is 5.82 Å². The van der Waals surface area contributed by atoms with Crippen molar-refractivity contribution >= 4 is 27.5 Å². The second kappa shape index (κ2) is 14.2. The molecule has 0 aliphatic carbocycles. The number of aliphatic hydroxyl groups excluding tert-OH is 1. The summed E-state index contributed by atoms with van der Waals surface area (Å²) in [6.45, 7) is 4.04. The van der Waals surface area contributed by atoms with E-state index in [1.807, 2.05) is 13.8 Å². The minimum Gasteiger partial charge on any atom is -0.395 e. The number of aromatic nitrogens is 6. The van der Waals surface area contributed by atoms with E-state index in [1.165, 1.54) is 33.9 Å². The van der Waals surface area contributed by atoms with Gasteiger partial charge < -0.3 is 20.1 Å². The molecule has 0 saturated carbocycles. The third-order valence-corrected chi connectivity index (χ3v) is 8.57. The molecule has 2 N–H and O–H groups in total. The molecule has 1 aliphatic heterocycles. The molecule has 1 fully saturated rings. The lowest BCUT2D eigenvalue weighted by Crippen LogP contribution is -2.62. The van der Waals surface area contributed by atoms with Crippen molar-refractivity contribution in [1.29, 1.82) is 0 Å². The molecule has 45 heavy (non-hydrogen) atoms. The van der Waals surface area contributed by atoms with Crippen molar-refractivity contribution in [2.24, 2.45) is 12.5 Å². The monoisotopic (exact) mass is 652 g/mol. The zero-order valence-corrected chi connectivity index (χ0v) is 27.1. The van der Waals surface area contributed by atoms with Crippen LogP contribution < -0.4 is 10.2 Å². The topological polar surface area (TPSA) is 106 Å². The molecule has 5 rings (SSSR count). The van der Waals surface area contributed by atoms with Gasteiger partial charge in [0.1, 0.15) is 18.4 Å². The number of aliphatic hydroxyl groups is 1. The Morgan fingerprint density at radius 1 is 1.07 bits per heavy atom. The minimum atomic E-state index is -2.62. The van der Waals surface area contributed by atoms with Crippen LogP contribution in [0.2, 0.25) is 0 Å². The van der Waals surface area contributed by atoms with Crippen LogP contribution in [0.25, 0.3) is 22.5 Å². The largest absolute Gasteiger partial charge is 0.395 e. The summed E-state index contributed by atoms with van der Waals surface area (Å²) in [5.74, 6) is 0.660. The van der Waals surface area contributed by atoms with Gasteiger partial charge in [-0.2, -0.15) is 9.37 Å². The lowest BCUT2D eigenvalue weighted by molar-refractivity contribution is -0.0602. The van der Waals surface area contributed by atoms with Crippen LogP contribution in [0.5, 0.6) is 0 Å². The lowest BCUT2D eigenvalue weighted by Gasteiger charge is -2.49. The van der Waals surface area contributed by atoms with Crippen molar-refractivity contribution in [2.75, 3.05) is 61.0 Å². The van der Waals surface area contributed by atoms with E-state index in [1.54, 1.807) is 30.1 Å². The Labute approximate surface area is 261 Å². The van der Waals surface area contributed by atoms with Crippen molar-refractivity contribution in [3.63, 3.8) is 0 Å². The minimum absolute atomic E-state index is 0.0144. The first-order valence-corrected chi connectivity index (χ1v) is 17.5. The summed E-state index contributed by atoms with van der Waals surface area (Å²) in [4.78, 5) is 10.5. The van der Waals surface area contributed by atoms with Gasteiger partial charge in [-0.1, -0.05) is 13.8 Å². The van der Waals surface area contributed by atoms with Gasteiger partial charge in [0.2, 0.25) is 18.3 Å². The number of ether oxygens (including phenoxy) is 1. The quantitative estimate of drug-likeness (QED) is 0.152. The number of hydrogen-bond donors (Lipinski definition) is 2. The Bertz CT molecular complexity index is 1570. The van der Waals surface area contributed by atoms with Crippen LogP contribution in [-0.4, -0.2) is 91.9 Å². The third-order valence-electron chi connectivity index (χ3n) is 7.18. The number of halogens is 4. The first-order chi connectivity index (χ1) is 21.4. The van der Waals surface area contributed by atoms with Crippen molar-refractivity contribution in [3.05, 3.63) is 54.5 Å². The predicted octanol–water partition coefficient (Wildman–Crippen LogP) is 5.52. The Kier molecular flexibility index (Phi) is 10.8. The highest BCUT2D eigenvalue weighted by atomic mass is 32.3. The molecule has 246 valence electrons. The first kappa shape index (κ1) is 34.2. The molecule has 1 aliphatic rings. The molecule has 0 atom stereocenters. The molecule has 15 heteroatoms. The molecule has 4 heterocycles. The maximum absolute atomic E-state index is 15.1. The molecule has 1 saturated heterocycles. The zero-order chi connectivity index (χ0) is 32.9. The van der Waals surface area contributed by atoms with Crippen molar-refractivity contribution in [1.82, 2.24) is 29.5 Å². The van der Waals surface area contributed by atoms with Crippen LogP contribution in [0.3, 0.4) is 0 Å². The van der Waals surface area contributed by atoms with E-state index in [4.69, 9.17) is 4.74 Å². The molecule has 0 unspecified atom stereocenters. The first-order valence-electron chi connectivity index (χ1n) is 14.4. The van der Waals surface area contributed by atoms with E-state index in [0.29, 0.717) is 35.4 Å².